The van der Waals surface area contributed by atoms with Gasteiger partial charge in [-0.3, -0.25) is 4.79 Å². The fraction of sp³-hybridized carbons (Fsp3) is 0.333. The van der Waals surface area contributed by atoms with Gasteiger partial charge in [0.1, 0.15) is 0 Å². The number of carboxylic acids is 1. The number of benzene rings is 1. The van der Waals surface area contributed by atoms with Crippen LogP contribution >= 0.6 is 0 Å². The lowest BCUT2D eigenvalue weighted by Crippen LogP contribution is -2.40. The van der Waals surface area contributed by atoms with E-state index in [1.54, 1.807) is 38.1 Å². The number of rotatable bonds is 4. The summed E-state index contributed by atoms with van der Waals surface area (Å²) in [5.41, 5.74) is -0.313. The molecule has 5 nitrogen and oxygen atoms in total. The minimum absolute atomic E-state index is 0.0704. The summed E-state index contributed by atoms with van der Waals surface area (Å²) in [6.45, 7) is 3.18. The van der Waals surface area contributed by atoms with Crippen LogP contribution in [0.1, 0.15) is 13.8 Å². The third kappa shape index (κ3) is 4.14. The zero-order valence-electron chi connectivity index (χ0n) is 9.86. The third-order valence-electron chi connectivity index (χ3n) is 2.30. The minimum atomic E-state index is -0.978. The van der Waals surface area contributed by atoms with E-state index < -0.39 is 17.4 Å². The first-order valence-corrected chi connectivity index (χ1v) is 5.25. The van der Waals surface area contributed by atoms with Crippen molar-refractivity contribution in [2.45, 2.75) is 13.8 Å². The first kappa shape index (κ1) is 13.0. The first-order valence-electron chi connectivity index (χ1n) is 5.25. The van der Waals surface area contributed by atoms with Crippen LogP contribution in [0.2, 0.25) is 0 Å². The van der Waals surface area contributed by atoms with Gasteiger partial charge in [0.2, 0.25) is 0 Å². The van der Waals surface area contributed by atoms with Gasteiger partial charge in [-0.25, -0.2) is 4.79 Å². The van der Waals surface area contributed by atoms with Crippen LogP contribution < -0.4 is 10.6 Å². The van der Waals surface area contributed by atoms with E-state index in [1.807, 2.05) is 6.07 Å². The normalized spacial score (nSPS) is 10.7. The van der Waals surface area contributed by atoms with E-state index in [9.17, 15) is 9.59 Å². The molecule has 5 heteroatoms. The second kappa shape index (κ2) is 5.34. The number of nitrogens with one attached hydrogen (secondary N) is 2. The average Bonchev–Trinajstić information content (AvgIpc) is 2.28. The monoisotopic (exact) mass is 236 g/mol. The van der Waals surface area contributed by atoms with Gasteiger partial charge in [0.25, 0.3) is 0 Å². The number of carbonyl (C=O) groups is 2. The van der Waals surface area contributed by atoms with Crippen LogP contribution in [0.4, 0.5) is 10.5 Å². The molecule has 0 atom stereocenters. The Hall–Kier alpha value is -2.04. The van der Waals surface area contributed by atoms with Gasteiger partial charge >= 0.3 is 12.0 Å². The highest BCUT2D eigenvalue weighted by Gasteiger charge is 2.27. The van der Waals surface area contributed by atoms with E-state index in [0.29, 0.717) is 5.69 Å². The lowest BCUT2D eigenvalue weighted by Gasteiger charge is -2.19. The fourth-order valence-electron chi connectivity index (χ4n) is 1.07. The second-order valence-corrected chi connectivity index (χ2v) is 4.36. The average molecular weight is 236 g/mol. The van der Waals surface area contributed by atoms with E-state index in [0.717, 1.165) is 0 Å². The van der Waals surface area contributed by atoms with E-state index in [-0.39, 0.29) is 6.54 Å². The van der Waals surface area contributed by atoms with Crippen LogP contribution in [-0.2, 0) is 4.79 Å². The van der Waals surface area contributed by atoms with Crippen LogP contribution in [0, 0.1) is 5.41 Å². The maximum Gasteiger partial charge on any atom is 0.319 e. The Kier molecular flexibility index (Phi) is 4.09. The Morgan fingerprint density at radius 3 is 2.35 bits per heavy atom. The van der Waals surface area contributed by atoms with E-state index >= 15 is 0 Å². The summed E-state index contributed by atoms with van der Waals surface area (Å²) in [6.07, 6.45) is 0. The minimum Gasteiger partial charge on any atom is -0.481 e. The van der Waals surface area contributed by atoms with Crippen molar-refractivity contribution < 1.29 is 14.7 Å². The van der Waals surface area contributed by atoms with Gasteiger partial charge in [-0.2, -0.15) is 0 Å². The van der Waals surface area contributed by atoms with Gasteiger partial charge in [-0.05, 0) is 26.0 Å². The predicted octanol–water partition coefficient (Wildman–Crippen LogP) is 1.92. The van der Waals surface area contributed by atoms with Gasteiger partial charge < -0.3 is 15.7 Å². The molecule has 1 rings (SSSR count). The van der Waals surface area contributed by atoms with Crippen molar-refractivity contribution in [3.8, 4) is 0 Å². The van der Waals surface area contributed by atoms with Crippen LogP contribution in [0.5, 0.6) is 0 Å². The van der Waals surface area contributed by atoms with Crippen molar-refractivity contribution in [1.82, 2.24) is 5.32 Å². The Morgan fingerprint density at radius 1 is 1.24 bits per heavy atom. The van der Waals surface area contributed by atoms with Crippen molar-refractivity contribution in [2.24, 2.45) is 5.41 Å². The Balaban J connectivity index is 2.44. The number of amides is 2. The highest BCUT2D eigenvalue weighted by atomic mass is 16.4. The topological polar surface area (TPSA) is 78.4 Å². The van der Waals surface area contributed by atoms with Crippen LogP contribution in [0.3, 0.4) is 0 Å². The quantitative estimate of drug-likeness (QED) is 0.747. The molecule has 2 amide bonds. The predicted molar refractivity (Wildman–Crippen MR) is 64.9 cm³/mol. The van der Waals surface area contributed by atoms with E-state index in [2.05, 4.69) is 10.6 Å². The molecule has 0 saturated carbocycles. The van der Waals surface area contributed by atoms with E-state index in [4.69, 9.17) is 5.11 Å². The Morgan fingerprint density at radius 2 is 1.82 bits per heavy atom. The van der Waals surface area contributed by atoms with Crippen molar-refractivity contribution in [3.05, 3.63) is 30.3 Å². The lowest BCUT2D eigenvalue weighted by molar-refractivity contribution is -0.146. The molecule has 17 heavy (non-hydrogen) atoms. The van der Waals surface area contributed by atoms with Gasteiger partial charge in [-0.1, -0.05) is 18.2 Å². The molecule has 0 heterocycles. The highest BCUT2D eigenvalue weighted by Crippen LogP contribution is 2.13. The lowest BCUT2D eigenvalue weighted by atomic mass is 9.94. The van der Waals surface area contributed by atoms with Crippen LogP contribution in [0.15, 0.2) is 30.3 Å². The zero-order valence-corrected chi connectivity index (χ0v) is 9.86. The molecule has 0 saturated heterocycles. The first-order chi connectivity index (χ1) is 7.92. The van der Waals surface area contributed by atoms with E-state index in [1.165, 1.54) is 0 Å². The summed E-state index contributed by atoms with van der Waals surface area (Å²) in [7, 11) is 0. The van der Waals surface area contributed by atoms with Crippen molar-refractivity contribution in [3.63, 3.8) is 0 Å². The number of hydrogen-bond donors (Lipinski definition) is 3. The molecule has 0 spiro atoms. The number of carboxylic acid groups (broad SMARTS) is 1. The maximum atomic E-state index is 11.5. The molecule has 0 unspecified atom stereocenters. The van der Waals surface area contributed by atoms with Gasteiger partial charge in [0.05, 0.1) is 5.41 Å². The standard InChI is InChI=1S/C12H16N2O3/c1-12(2,10(15)16)8-13-11(17)14-9-6-4-3-5-7-9/h3-7H,8H2,1-2H3,(H,15,16)(H2,13,14,17). The molecule has 3 N–H and O–H groups in total. The number of para-hydroxylation sites is 1. The number of aliphatic carboxylic acids is 1. The number of hydrogen-bond acceptors (Lipinski definition) is 2. The summed E-state index contributed by atoms with van der Waals surface area (Å²) in [6, 6.07) is 8.54. The summed E-state index contributed by atoms with van der Waals surface area (Å²) in [5.74, 6) is -0.947. The molecular formula is C12H16N2O3. The molecular weight excluding hydrogens is 220 g/mol. The zero-order chi connectivity index (χ0) is 12.9. The molecule has 1 aromatic rings. The molecule has 0 bridgehead atoms. The largest absolute Gasteiger partial charge is 0.481 e. The Bertz CT molecular complexity index is 401. The second-order valence-electron chi connectivity index (χ2n) is 4.36. The molecule has 0 aliphatic rings. The molecule has 0 fully saturated rings. The van der Waals surface area contributed by atoms with Gasteiger partial charge in [-0.15, -0.1) is 0 Å². The summed E-state index contributed by atoms with van der Waals surface area (Å²) in [4.78, 5) is 22.3. The van der Waals surface area contributed by atoms with Crippen molar-refractivity contribution >= 4 is 17.7 Å². The van der Waals surface area contributed by atoms with Gasteiger partial charge in [0, 0.05) is 12.2 Å². The van der Waals surface area contributed by atoms with Crippen molar-refractivity contribution in [1.29, 1.82) is 0 Å². The molecule has 0 aromatic heterocycles. The molecule has 0 radical (unpaired) electrons. The van der Waals surface area contributed by atoms with Crippen LogP contribution in [-0.4, -0.2) is 23.7 Å². The SMILES string of the molecule is CC(C)(CNC(=O)Nc1ccccc1)C(=O)O. The van der Waals surface area contributed by atoms with Crippen molar-refractivity contribution in [2.75, 3.05) is 11.9 Å². The molecule has 0 aliphatic heterocycles. The highest BCUT2D eigenvalue weighted by molar-refractivity contribution is 5.89. The summed E-state index contributed by atoms with van der Waals surface area (Å²) < 4.78 is 0. The number of anilines is 1. The molecule has 1 aromatic carbocycles. The molecule has 92 valence electrons. The smallest absolute Gasteiger partial charge is 0.319 e. The third-order valence-corrected chi connectivity index (χ3v) is 2.30. The van der Waals surface area contributed by atoms with Gasteiger partial charge in [0.15, 0.2) is 0 Å². The van der Waals surface area contributed by atoms with Crippen LogP contribution in [0.25, 0.3) is 0 Å². The summed E-state index contributed by atoms with van der Waals surface area (Å²) >= 11 is 0. The summed E-state index contributed by atoms with van der Waals surface area (Å²) in [5, 5.41) is 14.0. The number of urea groups is 1. The Labute approximate surface area is 99.8 Å². The molecule has 0 aliphatic carbocycles. The fourth-order valence-corrected chi connectivity index (χ4v) is 1.07. The maximum absolute atomic E-state index is 11.5. The number of carbonyl (C=O) groups excluding carboxylic acids is 1.